The third kappa shape index (κ3) is 3.83. The van der Waals surface area contributed by atoms with Crippen molar-refractivity contribution in [1.82, 2.24) is 0 Å². The Balaban J connectivity index is 3.16. The summed E-state index contributed by atoms with van der Waals surface area (Å²) in [5.41, 5.74) is -0.188. The third-order valence-electron chi connectivity index (χ3n) is 3.20. The van der Waals surface area contributed by atoms with Crippen LogP contribution in [0.4, 0.5) is 18.9 Å². The number of nitriles is 1. The van der Waals surface area contributed by atoms with Gasteiger partial charge in [-0.25, -0.2) is 0 Å². The first-order valence-electron chi connectivity index (χ1n) is 6.18. The monoisotopic (exact) mass is 302 g/mol. The van der Waals surface area contributed by atoms with E-state index in [1.165, 1.54) is 6.07 Å². The molecule has 0 N–H and O–H groups in total. The number of hydrogen-bond acceptors (Lipinski definition) is 3. The van der Waals surface area contributed by atoms with E-state index in [1.807, 2.05) is 31.2 Å². The van der Waals surface area contributed by atoms with Crippen molar-refractivity contribution in [3.8, 4) is 6.07 Å². The van der Waals surface area contributed by atoms with Crippen LogP contribution in [0.3, 0.4) is 0 Å². The van der Waals surface area contributed by atoms with Gasteiger partial charge >= 0.3 is 6.18 Å². The highest BCUT2D eigenvalue weighted by atomic mass is 32.2. The summed E-state index contributed by atoms with van der Waals surface area (Å²) in [7, 11) is 1.81. The van der Waals surface area contributed by atoms with E-state index in [4.69, 9.17) is 5.26 Å². The normalized spacial score (nSPS) is 12.8. The van der Waals surface area contributed by atoms with E-state index in [1.54, 1.807) is 11.8 Å². The van der Waals surface area contributed by atoms with E-state index in [9.17, 15) is 13.2 Å². The van der Waals surface area contributed by atoms with Crippen LogP contribution in [0, 0.1) is 11.3 Å². The number of benzene rings is 1. The topological polar surface area (TPSA) is 27.0 Å². The first-order valence-corrected chi connectivity index (χ1v) is 7.57. The van der Waals surface area contributed by atoms with Crippen LogP contribution in [0.1, 0.15) is 24.5 Å². The molecule has 20 heavy (non-hydrogen) atoms. The van der Waals surface area contributed by atoms with Crippen LogP contribution in [-0.2, 0) is 6.18 Å². The van der Waals surface area contributed by atoms with E-state index in [0.717, 1.165) is 24.3 Å². The van der Waals surface area contributed by atoms with Crippen LogP contribution in [0.5, 0.6) is 0 Å². The maximum absolute atomic E-state index is 12.7. The van der Waals surface area contributed by atoms with Crippen LogP contribution in [0.15, 0.2) is 18.2 Å². The lowest BCUT2D eigenvalue weighted by Crippen LogP contribution is -2.33. The third-order valence-corrected chi connectivity index (χ3v) is 3.92. The van der Waals surface area contributed by atoms with Gasteiger partial charge in [0.25, 0.3) is 0 Å². The smallest absolute Gasteiger partial charge is 0.370 e. The van der Waals surface area contributed by atoms with E-state index >= 15 is 0 Å². The fraction of sp³-hybridized carbons (Fsp3) is 0.500. The highest BCUT2D eigenvalue weighted by Gasteiger charge is 2.31. The molecule has 0 saturated carbocycles. The Hall–Kier alpha value is -1.35. The van der Waals surface area contributed by atoms with Crippen molar-refractivity contribution in [2.24, 2.45) is 0 Å². The summed E-state index contributed by atoms with van der Waals surface area (Å²) in [6.45, 7) is 2.02. The molecule has 0 aromatic heterocycles. The number of hydrogen-bond donors (Lipinski definition) is 0. The average molecular weight is 302 g/mol. The highest BCUT2D eigenvalue weighted by molar-refractivity contribution is 7.98. The Morgan fingerprint density at radius 2 is 2.05 bits per heavy atom. The molecule has 1 aromatic carbocycles. The van der Waals surface area contributed by atoms with Crippen molar-refractivity contribution in [3.63, 3.8) is 0 Å². The maximum Gasteiger partial charge on any atom is 0.416 e. The molecule has 1 unspecified atom stereocenters. The van der Waals surface area contributed by atoms with Crippen molar-refractivity contribution in [2.75, 3.05) is 24.0 Å². The predicted octanol–water partition coefficient (Wildman–Crippen LogP) is 4.15. The molecule has 0 heterocycles. The van der Waals surface area contributed by atoms with Gasteiger partial charge in [-0.3, -0.25) is 0 Å². The molecule has 0 bridgehead atoms. The SMILES string of the molecule is CCC(CSC)N(C)c1ccc(C(F)(F)F)cc1C#N. The molecule has 1 atom stereocenters. The molecule has 0 saturated heterocycles. The van der Waals surface area contributed by atoms with Crippen LogP contribution < -0.4 is 4.90 Å². The summed E-state index contributed by atoms with van der Waals surface area (Å²) >= 11 is 1.67. The summed E-state index contributed by atoms with van der Waals surface area (Å²) in [5, 5.41) is 9.09. The molecule has 6 heteroatoms. The maximum atomic E-state index is 12.7. The minimum atomic E-state index is -4.42. The minimum absolute atomic E-state index is 0.0573. The average Bonchev–Trinajstić information content (AvgIpc) is 2.42. The Kier molecular flexibility index (Phi) is 5.75. The highest BCUT2D eigenvalue weighted by Crippen LogP contribution is 2.33. The second-order valence-electron chi connectivity index (χ2n) is 4.47. The summed E-state index contributed by atoms with van der Waals surface area (Å²) in [6.07, 6.45) is -1.58. The summed E-state index contributed by atoms with van der Waals surface area (Å²) in [4.78, 5) is 1.88. The van der Waals surface area contributed by atoms with Crippen molar-refractivity contribution in [3.05, 3.63) is 29.3 Å². The van der Waals surface area contributed by atoms with Crippen molar-refractivity contribution >= 4 is 17.4 Å². The van der Waals surface area contributed by atoms with Crippen LogP contribution in [-0.4, -0.2) is 25.1 Å². The van der Waals surface area contributed by atoms with E-state index in [2.05, 4.69) is 0 Å². The fourth-order valence-corrected chi connectivity index (χ4v) is 2.85. The van der Waals surface area contributed by atoms with Crippen molar-refractivity contribution in [2.45, 2.75) is 25.6 Å². The Labute approximate surface area is 121 Å². The zero-order valence-corrected chi connectivity index (χ0v) is 12.5. The van der Waals surface area contributed by atoms with Gasteiger partial charge in [0, 0.05) is 18.8 Å². The zero-order chi connectivity index (χ0) is 15.3. The van der Waals surface area contributed by atoms with E-state index in [-0.39, 0.29) is 11.6 Å². The molecule has 1 rings (SSSR count). The molecule has 0 spiro atoms. The van der Waals surface area contributed by atoms with Gasteiger partial charge in [0.2, 0.25) is 0 Å². The molecule has 0 aliphatic carbocycles. The van der Waals surface area contributed by atoms with Gasteiger partial charge in [-0.05, 0) is 30.9 Å². The molecule has 0 radical (unpaired) electrons. The lowest BCUT2D eigenvalue weighted by Gasteiger charge is -2.29. The van der Waals surface area contributed by atoms with E-state index in [0.29, 0.717) is 5.69 Å². The summed E-state index contributed by atoms with van der Waals surface area (Å²) in [5.74, 6) is 0.860. The largest absolute Gasteiger partial charge is 0.416 e. The fourth-order valence-electron chi connectivity index (χ4n) is 2.00. The summed E-state index contributed by atoms with van der Waals surface area (Å²) < 4.78 is 38.0. The van der Waals surface area contributed by atoms with Gasteiger partial charge in [-0.2, -0.15) is 30.2 Å². The molecule has 0 aliphatic rings. The Morgan fingerprint density at radius 1 is 1.40 bits per heavy atom. The van der Waals surface area contributed by atoms with Gasteiger partial charge in [0.15, 0.2) is 0 Å². The molecule has 1 aromatic rings. The number of rotatable bonds is 5. The molecule has 110 valence electrons. The summed E-state index contributed by atoms with van der Waals surface area (Å²) in [6, 6.07) is 5.37. The molecular formula is C14H17F3N2S. The Bertz CT molecular complexity index is 494. The first-order chi connectivity index (χ1) is 9.35. The molecule has 0 aliphatic heterocycles. The van der Waals surface area contributed by atoms with Crippen LogP contribution in [0.25, 0.3) is 0 Å². The number of anilines is 1. The number of nitrogens with zero attached hydrogens (tertiary/aromatic N) is 2. The van der Waals surface area contributed by atoms with Crippen molar-refractivity contribution < 1.29 is 13.2 Å². The van der Waals surface area contributed by atoms with Gasteiger partial charge in [0.1, 0.15) is 6.07 Å². The van der Waals surface area contributed by atoms with Crippen molar-refractivity contribution in [1.29, 1.82) is 5.26 Å². The lowest BCUT2D eigenvalue weighted by molar-refractivity contribution is -0.137. The number of thioether (sulfide) groups is 1. The first kappa shape index (κ1) is 16.7. The second-order valence-corrected chi connectivity index (χ2v) is 5.38. The van der Waals surface area contributed by atoms with Crippen LogP contribution >= 0.6 is 11.8 Å². The standard InChI is InChI=1S/C14H17F3N2S/c1-4-12(9-20-3)19(2)13-6-5-11(14(15,16)17)7-10(13)8-18/h5-7,12H,4,9H2,1-3H3. The van der Waals surface area contributed by atoms with Gasteiger partial charge in [-0.15, -0.1) is 0 Å². The van der Waals surface area contributed by atoms with E-state index < -0.39 is 11.7 Å². The molecule has 2 nitrogen and oxygen atoms in total. The minimum Gasteiger partial charge on any atom is -0.370 e. The quantitative estimate of drug-likeness (QED) is 0.817. The molecule has 0 fully saturated rings. The molecular weight excluding hydrogens is 285 g/mol. The van der Waals surface area contributed by atoms with Crippen LogP contribution in [0.2, 0.25) is 0 Å². The number of alkyl halides is 3. The number of halogens is 3. The zero-order valence-electron chi connectivity index (χ0n) is 11.7. The second kappa shape index (κ2) is 6.89. The lowest BCUT2D eigenvalue weighted by atomic mass is 10.1. The van der Waals surface area contributed by atoms with Gasteiger partial charge in [0.05, 0.1) is 16.8 Å². The Morgan fingerprint density at radius 3 is 2.50 bits per heavy atom. The van der Waals surface area contributed by atoms with Gasteiger partial charge < -0.3 is 4.90 Å². The predicted molar refractivity (Wildman–Crippen MR) is 77.0 cm³/mol. The molecule has 0 amide bonds. The van der Waals surface area contributed by atoms with Gasteiger partial charge in [-0.1, -0.05) is 6.92 Å².